The third kappa shape index (κ3) is 13.0. The second-order valence-electron chi connectivity index (χ2n) is 10.8. The first-order chi connectivity index (χ1) is 18.2. The topological polar surface area (TPSA) is 69.9 Å². The zero-order chi connectivity index (χ0) is 26.0. The number of rotatable bonds is 4. The molecule has 3 saturated heterocycles. The Hall–Kier alpha value is -1.10. The number of nitrogens with one attached hydrogen (secondary N) is 5. The van der Waals surface area contributed by atoms with Gasteiger partial charge in [-0.1, -0.05) is 38.1 Å². The van der Waals surface area contributed by atoms with Crippen molar-refractivity contribution in [3.05, 3.63) is 35.4 Å². The highest BCUT2D eigenvalue weighted by Crippen LogP contribution is 2.19. The van der Waals surface area contributed by atoms with Crippen LogP contribution in [-0.4, -0.2) is 133 Å². The third-order valence-electron chi connectivity index (χ3n) is 7.89. The fraction of sp³-hybridized carbons (Fsp3) is 0.793. The van der Waals surface area contributed by atoms with Crippen LogP contribution in [0.3, 0.4) is 0 Å². The minimum atomic E-state index is 0.636. The summed E-state index contributed by atoms with van der Waals surface area (Å²) in [5.41, 5.74) is 2.89. The maximum Gasteiger partial charge on any atom is 0.0234 e. The molecule has 3 aliphatic heterocycles. The first-order valence-corrected chi connectivity index (χ1v) is 15.0. The van der Waals surface area contributed by atoms with E-state index in [1.54, 1.807) is 0 Å². The Morgan fingerprint density at radius 2 is 1.00 bits per heavy atom. The Kier molecular flexibility index (Phi) is 15.7. The molecule has 0 radical (unpaired) electrons. The molecule has 0 amide bonds. The van der Waals surface area contributed by atoms with E-state index in [2.05, 4.69) is 79.4 Å². The largest absolute Gasteiger partial charge is 0.314 e. The molecule has 1 aromatic rings. The molecule has 4 rings (SSSR count). The summed E-state index contributed by atoms with van der Waals surface area (Å²) in [4.78, 5) is 7.88. The van der Waals surface area contributed by atoms with Crippen molar-refractivity contribution in [1.29, 1.82) is 0 Å². The molecule has 1 unspecified atom stereocenters. The van der Waals surface area contributed by atoms with Crippen molar-refractivity contribution in [3.63, 3.8) is 0 Å². The van der Waals surface area contributed by atoms with Crippen molar-refractivity contribution in [2.45, 2.75) is 32.7 Å². The molecule has 0 saturated carbocycles. The predicted octanol–water partition coefficient (Wildman–Crippen LogP) is 0.581. The van der Waals surface area contributed by atoms with E-state index in [4.69, 9.17) is 0 Å². The first kappa shape index (κ1) is 30.4. The predicted molar refractivity (Wildman–Crippen MR) is 158 cm³/mol. The van der Waals surface area contributed by atoms with E-state index in [-0.39, 0.29) is 0 Å². The minimum absolute atomic E-state index is 0.636. The average Bonchev–Trinajstić information content (AvgIpc) is 2.92. The molecule has 3 heterocycles. The summed E-state index contributed by atoms with van der Waals surface area (Å²) < 4.78 is 0. The van der Waals surface area contributed by atoms with Gasteiger partial charge in [-0.25, -0.2) is 0 Å². The lowest BCUT2D eigenvalue weighted by Gasteiger charge is -2.29. The number of hydrogen-bond donors (Lipinski definition) is 5. The zero-order valence-corrected chi connectivity index (χ0v) is 23.9. The Balaban J connectivity index is 1.65. The average molecular weight is 517 g/mol. The van der Waals surface area contributed by atoms with Gasteiger partial charge in [-0.05, 0) is 23.5 Å². The molecule has 1 atom stereocenters. The van der Waals surface area contributed by atoms with Gasteiger partial charge >= 0.3 is 0 Å². The van der Waals surface area contributed by atoms with Crippen molar-refractivity contribution in [1.82, 2.24) is 41.3 Å². The highest BCUT2D eigenvalue weighted by molar-refractivity contribution is 5.25. The Morgan fingerprint density at radius 3 is 1.49 bits per heavy atom. The van der Waals surface area contributed by atoms with E-state index >= 15 is 0 Å². The van der Waals surface area contributed by atoms with Gasteiger partial charge < -0.3 is 26.6 Å². The zero-order valence-electron chi connectivity index (χ0n) is 23.9. The summed E-state index contributed by atoms with van der Waals surface area (Å²) in [5, 5.41) is 18.3. The molecule has 0 spiro atoms. The van der Waals surface area contributed by atoms with Crippen LogP contribution in [0, 0.1) is 0 Å². The van der Waals surface area contributed by atoms with Gasteiger partial charge in [-0.3, -0.25) is 14.7 Å². The summed E-state index contributed by atoms with van der Waals surface area (Å²) >= 11 is 0. The summed E-state index contributed by atoms with van der Waals surface area (Å²) in [7, 11) is 0. The van der Waals surface area contributed by atoms with Gasteiger partial charge in [0.25, 0.3) is 0 Å². The van der Waals surface area contributed by atoms with Crippen LogP contribution in [0.5, 0.6) is 0 Å². The summed E-state index contributed by atoms with van der Waals surface area (Å²) in [6, 6.07) is 9.39. The van der Waals surface area contributed by atoms with Gasteiger partial charge in [-0.15, -0.1) is 0 Å². The number of hydrogen-bond acceptors (Lipinski definition) is 8. The van der Waals surface area contributed by atoms with Gasteiger partial charge in [0.15, 0.2) is 0 Å². The van der Waals surface area contributed by atoms with Crippen LogP contribution < -0.4 is 26.6 Å². The standard InChI is InChI=1S/C29H56N8/c1-3-27(2)29-6-4-28(5-7-29)26-37-23-17-34-16-20-35-18-12-30-8-10-32-14-21-36(24-25-37)22-15-33-11-9-31-13-19-35/h4-7,27,30-34H,3,8-26H2,1-2H3. The Morgan fingerprint density at radius 1 is 0.568 bits per heavy atom. The molecule has 0 aromatic heterocycles. The number of fused-ring (bicyclic) bond motifs is 21. The molecule has 2 bridgehead atoms. The SMILES string of the molecule is CCC(C)c1ccc(CN2CCNCCN3CCNCCNCCN(CCNCCNCC3)CC2)cc1. The Bertz CT molecular complexity index is 665. The minimum Gasteiger partial charge on any atom is -0.314 e. The fourth-order valence-corrected chi connectivity index (χ4v) is 5.07. The van der Waals surface area contributed by atoms with E-state index in [1.165, 1.54) is 17.5 Å². The van der Waals surface area contributed by atoms with Gasteiger partial charge in [0.05, 0.1) is 0 Å². The van der Waals surface area contributed by atoms with E-state index in [0.29, 0.717) is 5.92 Å². The van der Waals surface area contributed by atoms with Crippen molar-refractivity contribution in [2.75, 3.05) is 118 Å². The summed E-state index contributed by atoms with van der Waals surface area (Å²) in [6.45, 7) is 24.9. The molecule has 212 valence electrons. The van der Waals surface area contributed by atoms with Crippen LogP contribution in [-0.2, 0) is 6.54 Å². The summed E-state index contributed by atoms with van der Waals surface area (Å²) in [5.74, 6) is 0.636. The molecular formula is C29H56N8. The van der Waals surface area contributed by atoms with Crippen LogP contribution in [0.15, 0.2) is 24.3 Å². The smallest absolute Gasteiger partial charge is 0.0234 e. The molecule has 8 heteroatoms. The van der Waals surface area contributed by atoms with Crippen molar-refractivity contribution in [3.8, 4) is 0 Å². The molecule has 1 aromatic carbocycles. The second kappa shape index (κ2) is 19.0. The maximum absolute atomic E-state index is 3.75. The maximum atomic E-state index is 3.75. The van der Waals surface area contributed by atoms with Crippen molar-refractivity contribution < 1.29 is 0 Å². The Labute approximate surface area is 227 Å². The molecule has 8 nitrogen and oxygen atoms in total. The van der Waals surface area contributed by atoms with Crippen LogP contribution >= 0.6 is 0 Å². The van der Waals surface area contributed by atoms with Crippen LogP contribution in [0.1, 0.15) is 37.3 Å². The molecular weight excluding hydrogens is 460 g/mol. The quantitative estimate of drug-likeness (QED) is 0.398. The van der Waals surface area contributed by atoms with Gasteiger partial charge in [0.1, 0.15) is 0 Å². The molecule has 3 fully saturated rings. The van der Waals surface area contributed by atoms with Crippen molar-refractivity contribution >= 4 is 0 Å². The van der Waals surface area contributed by atoms with Gasteiger partial charge in [0.2, 0.25) is 0 Å². The lowest BCUT2D eigenvalue weighted by molar-refractivity contribution is 0.196. The van der Waals surface area contributed by atoms with Crippen LogP contribution in [0.4, 0.5) is 0 Å². The first-order valence-electron chi connectivity index (χ1n) is 15.0. The fourth-order valence-electron chi connectivity index (χ4n) is 5.07. The number of benzene rings is 1. The van der Waals surface area contributed by atoms with E-state index in [1.807, 2.05) is 0 Å². The van der Waals surface area contributed by atoms with Crippen molar-refractivity contribution in [2.24, 2.45) is 0 Å². The van der Waals surface area contributed by atoms with Crippen LogP contribution in [0.25, 0.3) is 0 Å². The highest BCUT2D eigenvalue weighted by Gasteiger charge is 2.12. The van der Waals surface area contributed by atoms with Gasteiger partial charge in [-0.2, -0.15) is 0 Å². The van der Waals surface area contributed by atoms with Gasteiger partial charge in [0, 0.05) is 124 Å². The summed E-state index contributed by atoms with van der Waals surface area (Å²) in [6.07, 6.45) is 1.20. The van der Waals surface area contributed by atoms with Crippen LogP contribution in [0.2, 0.25) is 0 Å². The lowest BCUT2D eigenvalue weighted by atomic mass is 9.97. The number of nitrogens with zero attached hydrogens (tertiary/aromatic N) is 3. The van der Waals surface area contributed by atoms with E-state index in [0.717, 1.165) is 124 Å². The normalized spacial score (nSPS) is 26.3. The van der Waals surface area contributed by atoms with E-state index in [9.17, 15) is 0 Å². The monoisotopic (exact) mass is 516 g/mol. The molecule has 37 heavy (non-hydrogen) atoms. The van der Waals surface area contributed by atoms with E-state index < -0.39 is 0 Å². The third-order valence-corrected chi connectivity index (χ3v) is 7.89. The molecule has 0 aliphatic carbocycles. The molecule has 3 aliphatic rings. The highest BCUT2D eigenvalue weighted by atomic mass is 15.2. The molecule has 5 N–H and O–H groups in total. The second-order valence-corrected chi connectivity index (χ2v) is 10.8. The lowest BCUT2D eigenvalue weighted by Crippen LogP contribution is -2.46.